The van der Waals surface area contributed by atoms with E-state index in [4.69, 9.17) is 4.42 Å². The van der Waals surface area contributed by atoms with Gasteiger partial charge >= 0.3 is 0 Å². The van der Waals surface area contributed by atoms with Crippen LogP contribution in [0.4, 0.5) is 8.78 Å². The molecule has 0 aliphatic heterocycles. The van der Waals surface area contributed by atoms with E-state index in [0.717, 1.165) is 6.07 Å². The zero-order chi connectivity index (χ0) is 12.8. The van der Waals surface area contributed by atoms with E-state index < -0.39 is 23.2 Å². The third-order valence-corrected chi connectivity index (χ3v) is 2.69. The Labute approximate surface area is 97.9 Å². The predicted molar refractivity (Wildman–Crippen MR) is 60.5 cm³/mol. The molecule has 17 heavy (non-hydrogen) atoms. The van der Waals surface area contributed by atoms with Gasteiger partial charge in [-0.25, -0.2) is 4.39 Å². The van der Waals surface area contributed by atoms with Gasteiger partial charge in [-0.05, 0) is 23.6 Å². The highest BCUT2D eigenvalue weighted by Crippen LogP contribution is 2.36. The molecule has 1 aromatic carbocycles. The van der Waals surface area contributed by atoms with Crippen LogP contribution in [-0.4, -0.2) is 5.11 Å². The van der Waals surface area contributed by atoms with Gasteiger partial charge in [-0.2, -0.15) is 4.39 Å². The van der Waals surface area contributed by atoms with E-state index in [1.165, 1.54) is 12.1 Å². The van der Waals surface area contributed by atoms with Crippen LogP contribution in [0.1, 0.15) is 32.6 Å². The predicted octanol–water partition coefficient (Wildman–Crippen LogP) is 3.79. The van der Waals surface area contributed by atoms with Crippen LogP contribution in [-0.2, 0) is 0 Å². The molecule has 0 amide bonds. The lowest BCUT2D eigenvalue weighted by molar-refractivity contribution is 0.0446. The molecule has 0 aliphatic rings. The maximum atomic E-state index is 13.4. The van der Waals surface area contributed by atoms with Crippen molar-refractivity contribution in [2.75, 3.05) is 0 Å². The summed E-state index contributed by atoms with van der Waals surface area (Å²) in [7, 11) is 0. The number of hydrogen-bond acceptors (Lipinski definition) is 2. The first-order valence-corrected chi connectivity index (χ1v) is 5.36. The number of hydrogen-bond donors (Lipinski definition) is 1. The average Bonchev–Trinajstić information content (AvgIpc) is 2.65. The molecule has 4 heteroatoms. The molecule has 2 rings (SSSR count). The molecule has 2 aromatic rings. The third-order valence-electron chi connectivity index (χ3n) is 2.69. The summed E-state index contributed by atoms with van der Waals surface area (Å²) in [5.41, 5.74) is -0.577. The highest BCUT2D eigenvalue weighted by Gasteiger charge is 2.27. The van der Waals surface area contributed by atoms with E-state index in [1.54, 1.807) is 0 Å². The van der Waals surface area contributed by atoms with E-state index >= 15 is 0 Å². The fourth-order valence-corrected chi connectivity index (χ4v) is 1.63. The fourth-order valence-electron chi connectivity index (χ4n) is 1.63. The van der Waals surface area contributed by atoms with Crippen LogP contribution < -0.4 is 0 Å². The molecule has 0 bridgehead atoms. The standard InChI is InChI=1S/C13H14F2O2/c1-13(2,3)12(16)9-6-7-4-5-8(14)10(15)11(7)17-9/h4-6,12,16H,1-3H3. The van der Waals surface area contributed by atoms with Gasteiger partial charge in [0.25, 0.3) is 0 Å². The highest BCUT2D eigenvalue weighted by atomic mass is 19.2. The lowest BCUT2D eigenvalue weighted by atomic mass is 9.88. The maximum Gasteiger partial charge on any atom is 0.201 e. The summed E-state index contributed by atoms with van der Waals surface area (Å²) in [6.07, 6.45) is -0.864. The molecule has 1 aromatic heterocycles. The summed E-state index contributed by atoms with van der Waals surface area (Å²) in [4.78, 5) is 0. The minimum absolute atomic E-state index is 0.150. The van der Waals surface area contributed by atoms with Gasteiger partial charge in [0.05, 0.1) is 0 Å². The number of benzene rings is 1. The molecule has 0 aliphatic carbocycles. The van der Waals surface area contributed by atoms with Crippen molar-refractivity contribution >= 4 is 11.0 Å². The van der Waals surface area contributed by atoms with E-state index in [0.29, 0.717) is 5.39 Å². The van der Waals surface area contributed by atoms with Crippen LogP contribution >= 0.6 is 0 Å². The minimum Gasteiger partial charge on any atom is -0.455 e. The number of aliphatic hydroxyl groups is 1. The smallest absolute Gasteiger partial charge is 0.201 e. The van der Waals surface area contributed by atoms with Crippen molar-refractivity contribution in [3.8, 4) is 0 Å². The topological polar surface area (TPSA) is 33.4 Å². The van der Waals surface area contributed by atoms with E-state index in [2.05, 4.69) is 0 Å². The molecule has 1 heterocycles. The number of rotatable bonds is 1. The number of aliphatic hydroxyl groups excluding tert-OH is 1. The Hall–Kier alpha value is -1.42. The van der Waals surface area contributed by atoms with Gasteiger partial charge < -0.3 is 9.52 Å². The van der Waals surface area contributed by atoms with Gasteiger partial charge in [-0.1, -0.05) is 20.8 Å². The monoisotopic (exact) mass is 240 g/mol. The van der Waals surface area contributed by atoms with Gasteiger partial charge in [0.15, 0.2) is 11.4 Å². The molecular weight excluding hydrogens is 226 g/mol. The van der Waals surface area contributed by atoms with Crippen LogP contribution in [0.5, 0.6) is 0 Å². The summed E-state index contributed by atoms with van der Waals surface area (Å²) in [5.74, 6) is -1.73. The van der Waals surface area contributed by atoms with E-state index in [-0.39, 0.29) is 11.3 Å². The first kappa shape index (κ1) is 12.0. The zero-order valence-electron chi connectivity index (χ0n) is 9.92. The van der Waals surface area contributed by atoms with Gasteiger partial charge in [-0.15, -0.1) is 0 Å². The van der Waals surface area contributed by atoms with Crippen molar-refractivity contribution in [2.24, 2.45) is 5.41 Å². The minimum atomic E-state index is -1.02. The van der Waals surface area contributed by atoms with Crippen LogP contribution in [0.2, 0.25) is 0 Å². The van der Waals surface area contributed by atoms with Crippen molar-refractivity contribution in [1.29, 1.82) is 0 Å². The largest absolute Gasteiger partial charge is 0.455 e. The van der Waals surface area contributed by atoms with Gasteiger partial charge in [0.1, 0.15) is 11.9 Å². The van der Waals surface area contributed by atoms with Crippen LogP contribution in [0.15, 0.2) is 22.6 Å². The Bertz CT molecular complexity index is 552. The number of furan rings is 1. The van der Waals surface area contributed by atoms with Crippen LogP contribution in [0.25, 0.3) is 11.0 Å². The van der Waals surface area contributed by atoms with Crippen LogP contribution in [0.3, 0.4) is 0 Å². The lowest BCUT2D eigenvalue weighted by Crippen LogP contribution is -2.16. The summed E-state index contributed by atoms with van der Waals surface area (Å²) < 4.78 is 31.6. The lowest BCUT2D eigenvalue weighted by Gasteiger charge is -2.23. The fraction of sp³-hybridized carbons (Fsp3) is 0.385. The Morgan fingerprint density at radius 3 is 2.47 bits per heavy atom. The van der Waals surface area contributed by atoms with Crippen molar-refractivity contribution in [1.82, 2.24) is 0 Å². The van der Waals surface area contributed by atoms with Gasteiger partial charge in [0.2, 0.25) is 5.82 Å². The normalized spacial score (nSPS) is 14.2. The van der Waals surface area contributed by atoms with Gasteiger partial charge in [-0.3, -0.25) is 0 Å². The van der Waals surface area contributed by atoms with E-state index in [9.17, 15) is 13.9 Å². The Morgan fingerprint density at radius 1 is 1.24 bits per heavy atom. The first-order chi connectivity index (χ1) is 7.80. The number of fused-ring (bicyclic) bond motifs is 1. The molecule has 0 radical (unpaired) electrons. The molecule has 0 fully saturated rings. The average molecular weight is 240 g/mol. The Morgan fingerprint density at radius 2 is 1.88 bits per heavy atom. The van der Waals surface area contributed by atoms with Crippen molar-refractivity contribution in [2.45, 2.75) is 26.9 Å². The maximum absolute atomic E-state index is 13.4. The zero-order valence-corrected chi connectivity index (χ0v) is 9.92. The third kappa shape index (κ3) is 2.05. The number of halogens is 2. The molecule has 2 nitrogen and oxygen atoms in total. The molecule has 1 unspecified atom stereocenters. The highest BCUT2D eigenvalue weighted by molar-refractivity contribution is 5.78. The SMILES string of the molecule is CC(C)(C)C(O)c1cc2ccc(F)c(F)c2o1. The second-order valence-electron chi connectivity index (χ2n) is 5.20. The van der Waals surface area contributed by atoms with Crippen molar-refractivity contribution in [3.63, 3.8) is 0 Å². The molecule has 1 atom stereocenters. The molecule has 0 saturated carbocycles. The molecule has 0 saturated heterocycles. The summed E-state index contributed by atoms with van der Waals surface area (Å²) in [5, 5.41) is 10.5. The summed E-state index contributed by atoms with van der Waals surface area (Å²) >= 11 is 0. The molecule has 0 spiro atoms. The van der Waals surface area contributed by atoms with Crippen molar-refractivity contribution in [3.05, 3.63) is 35.6 Å². The van der Waals surface area contributed by atoms with Gasteiger partial charge in [0, 0.05) is 5.39 Å². The Kier molecular flexibility index (Phi) is 2.70. The molecule has 1 N–H and O–H groups in total. The van der Waals surface area contributed by atoms with E-state index in [1.807, 2.05) is 20.8 Å². The first-order valence-electron chi connectivity index (χ1n) is 5.36. The quantitative estimate of drug-likeness (QED) is 0.822. The summed E-state index contributed by atoms with van der Waals surface area (Å²) in [6, 6.07) is 4.00. The summed E-state index contributed by atoms with van der Waals surface area (Å²) in [6.45, 7) is 5.51. The Balaban J connectivity index is 2.56. The van der Waals surface area contributed by atoms with Crippen molar-refractivity contribution < 1.29 is 18.3 Å². The second kappa shape index (κ2) is 3.81. The molecular formula is C13H14F2O2. The molecule has 92 valence electrons. The second-order valence-corrected chi connectivity index (χ2v) is 5.20. The van der Waals surface area contributed by atoms with Crippen LogP contribution in [0, 0.1) is 17.0 Å².